The fraction of sp³-hybridized carbons (Fsp3) is 0.800. The zero-order valence-corrected chi connectivity index (χ0v) is 9.00. The Morgan fingerprint density at radius 3 is 2.64 bits per heavy atom. The van der Waals surface area contributed by atoms with Gasteiger partial charge in [-0.3, -0.25) is 4.79 Å². The summed E-state index contributed by atoms with van der Waals surface area (Å²) in [7, 11) is 0. The maximum absolute atomic E-state index is 11.5. The third-order valence-electron chi connectivity index (χ3n) is 2.02. The van der Waals surface area contributed by atoms with Crippen LogP contribution in [0.1, 0.15) is 33.6 Å². The number of carbonyl (C=O) groups excluding carboxylic acids is 1. The van der Waals surface area contributed by atoms with E-state index in [-0.39, 0.29) is 18.6 Å². The van der Waals surface area contributed by atoms with Crippen LogP contribution in [0.5, 0.6) is 0 Å². The predicted molar refractivity (Wildman–Crippen MR) is 53.3 cm³/mol. The zero-order chi connectivity index (χ0) is 11.2. The van der Waals surface area contributed by atoms with Crippen molar-refractivity contribution < 1.29 is 9.90 Å². The van der Waals surface area contributed by atoms with Crippen LogP contribution in [-0.2, 0) is 4.79 Å². The summed E-state index contributed by atoms with van der Waals surface area (Å²) < 4.78 is 0. The second-order valence-electron chi connectivity index (χ2n) is 3.98. The molecule has 1 unspecified atom stereocenters. The molecule has 0 aliphatic rings. The van der Waals surface area contributed by atoms with Crippen molar-refractivity contribution in [3.05, 3.63) is 0 Å². The van der Waals surface area contributed by atoms with Crippen LogP contribution in [0.4, 0.5) is 0 Å². The third-order valence-corrected chi connectivity index (χ3v) is 2.02. The number of aliphatic hydroxyl groups is 1. The minimum Gasteiger partial charge on any atom is -0.396 e. The molecule has 0 aliphatic heterocycles. The van der Waals surface area contributed by atoms with Gasteiger partial charge in [0.25, 0.3) is 0 Å². The fourth-order valence-corrected chi connectivity index (χ4v) is 0.925. The molecule has 4 heteroatoms. The van der Waals surface area contributed by atoms with Crippen molar-refractivity contribution >= 4 is 5.91 Å². The van der Waals surface area contributed by atoms with E-state index in [1.807, 2.05) is 13.0 Å². The first-order valence-corrected chi connectivity index (χ1v) is 4.77. The number of aliphatic hydroxyl groups excluding tert-OH is 1. The molecule has 0 saturated heterocycles. The van der Waals surface area contributed by atoms with Gasteiger partial charge in [-0.25, -0.2) is 0 Å². The van der Waals surface area contributed by atoms with Gasteiger partial charge in [0, 0.05) is 12.6 Å². The molecule has 0 bridgehead atoms. The average molecular weight is 198 g/mol. The van der Waals surface area contributed by atoms with E-state index in [2.05, 4.69) is 5.32 Å². The van der Waals surface area contributed by atoms with Gasteiger partial charge in [0.15, 0.2) is 0 Å². The number of nitriles is 1. The molecular weight excluding hydrogens is 180 g/mol. The molecule has 2 N–H and O–H groups in total. The molecule has 0 saturated carbocycles. The Bertz CT molecular complexity index is 231. The van der Waals surface area contributed by atoms with Gasteiger partial charge in [0.2, 0.25) is 5.91 Å². The van der Waals surface area contributed by atoms with E-state index in [4.69, 9.17) is 10.4 Å². The Balaban J connectivity index is 4.01. The molecule has 0 aromatic carbocycles. The first-order chi connectivity index (χ1) is 6.44. The topological polar surface area (TPSA) is 73.1 Å². The average Bonchev–Trinajstić information content (AvgIpc) is 2.14. The second kappa shape index (κ2) is 5.61. The molecule has 1 atom stereocenters. The number of rotatable bonds is 5. The summed E-state index contributed by atoms with van der Waals surface area (Å²) in [6, 6.07) is 1.94. The van der Waals surface area contributed by atoms with E-state index in [9.17, 15) is 4.79 Å². The van der Waals surface area contributed by atoms with Gasteiger partial charge in [-0.05, 0) is 33.6 Å². The van der Waals surface area contributed by atoms with Crippen molar-refractivity contribution in [2.45, 2.75) is 39.7 Å². The summed E-state index contributed by atoms with van der Waals surface area (Å²) in [5.74, 6) is -0.259. The predicted octanol–water partition coefficient (Wildman–Crippen LogP) is 0.813. The van der Waals surface area contributed by atoms with Gasteiger partial charge in [-0.1, -0.05) is 0 Å². The van der Waals surface area contributed by atoms with Crippen LogP contribution in [0.2, 0.25) is 0 Å². The van der Waals surface area contributed by atoms with Gasteiger partial charge in [0.05, 0.1) is 6.07 Å². The normalized spacial score (nSPS) is 13.1. The van der Waals surface area contributed by atoms with E-state index < -0.39 is 5.41 Å². The van der Waals surface area contributed by atoms with Gasteiger partial charge >= 0.3 is 0 Å². The third kappa shape index (κ3) is 4.24. The molecule has 0 aromatic rings. The van der Waals surface area contributed by atoms with Gasteiger partial charge in [0.1, 0.15) is 5.41 Å². The Morgan fingerprint density at radius 1 is 1.64 bits per heavy atom. The minimum atomic E-state index is -0.979. The molecule has 80 valence electrons. The molecule has 0 radical (unpaired) electrons. The van der Waals surface area contributed by atoms with Gasteiger partial charge < -0.3 is 10.4 Å². The van der Waals surface area contributed by atoms with Crippen LogP contribution in [0.15, 0.2) is 0 Å². The molecule has 0 rings (SSSR count). The standard InChI is InChI=1S/C10H18N2O2/c1-8(5-4-6-13)12-9(14)10(2,3)7-11/h8,13H,4-6H2,1-3H3,(H,12,14). The van der Waals surface area contributed by atoms with Gasteiger partial charge in [-0.15, -0.1) is 0 Å². The lowest BCUT2D eigenvalue weighted by Gasteiger charge is -2.19. The Kier molecular flexibility index (Phi) is 5.18. The lowest BCUT2D eigenvalue weighted by Crippen LogP contribution is -2.41. The first kappa shape index (κ1) is 12.9. The molecular formula is C10H18N2O2. The molecule has 0 spiro atoms. The first-order valence-electron chi connectivity index (χ1n) is 4.77. The summed E-state index contributed by atoms with van der Waals surface area (Å²) in [4.78, 5) is 11.5. The van der Waals surface area contributed by atoms with E-state index in [1.54, 1.807) is 13.8 Å². The molecule has 0 heterocycles. The highest BCUT2D eigenvalue weighted by molar-refractivity contribution is 5.84. The number of hydrogen-bond donors (Lipinski definition) is 2. The van der Waals surface area contributed by atoms with Crippen LogP contribution in [-0.4, -0.2) is 23.7 Å². The van der Waals surface area contributed by atoms with Crippen LogP contribution in [0.25, 0.3) is 0 Å². The molecule has 1 amide bonds. The van der Waals surface area contributed by atoms with Crippen molar-refractivity contribution in [3.8, 4) is 6.07 Å². The SMILES string of the molecule is CC(CCCO)NC(=O)C(C)(C)C#N. The summed E-state index contributed by atoms with van der Waals surface area (Å²) in [5.41, 5.74) is -0.979. The van der Waals surface area contributed by atoms with Crippen LogP contribution in [0.3, 0.4) is 0 Å². The second-order valence-corrected chi connectivity index (χ2v) is 3.98. The number of hydrogen-bond acceptors (Lipinski definition) is 3. The summed E-state index contributed by atoms with van der Waals surface area (Å²) in [6.07, 6.45) is 1.39. The zero-order valence-electron chi connectivity index (χ0n) is 9.00. The summed E-state index contributed by atoms with van der Waals surface area (Å²) >= 11 is 0. The van der Waals surface area contributed by atoms with Crippen LogP contribution in [0, 0.1) is 16.7 Å². The maximum atomic E-state index is 11.5. The lowest BCUT2D eigenvalue weighted by molar-refractivity contribution is -0.127. The van der Waals surface area contributed by atoms with E-state index in [0.29, 0.717) is 6.42 Å². The minimum absolute atomic E-state index is 0.00211. The maximum Gasteiger partial charge on any atom is 0.240 e. The molecule has 0 fully saturated rings. The van der Waals surface area contributed by atoms with Crippen molar-refractivity contribution in [2.75, 3.05) is 6.61 Å². The number of nitrogens with zero attached hydrogens (tertiary/aromatic N) is 1. The van der Waals surface area contributed by atoms with E-state index in [0.717, 1.165) is 6.42 Å². The van der Waals surface area contributed by atoms with Crippen molar-refractivity contribution in [1.82, 2.24) is 5.32 Å². The van der Waals surface area contributed by atoms with Crippen molar-refractivity contribution in [1.29, 1.82) is 5.26 Å². The highest BCUT2D eigenvalue weighted by Crippen LogP contribution is 2.13. The smallest absolute Gasteiger partial charge is 0.240 e. The van der Waals surface area contributed by atoms with E-state index >= 15 is 0 Å². The molecule has 0 aliphatic carbocycles. The Labute approximate surface area is 84.9 Å². The van der Waals surface area contributed by atoms with Crippen molar-refractivity contribution in [2.24, 2.45) is 5.41 Å². The fourth-order valence-electron chi connectivity index (χ4n) is 0.925. The van der Waals surface area contributed by atoms with Crippen molar-refractivity contribution in [3.63, 3.8) is 0 Å². The summed E-state index contributed by atoms with van der Waals surface area (Å²) in [6.45, 7) is 5.16. The quantitative estimate of drug-likeness (QED) is 0.686. The molecule has 0 aromatic heterocycles. The lowest BCUT2D eigenvalue weighted by atomic mass is 9.94. The number of amides is 1. The number of nitrogens with one attached hydrogen (secondary N) is 1. The monoisotopic (exact) mass is 198 g/mol. The van der Waals surface area contributed by atoms with E-state index in [1.165, 1.54) is 0 Å². The van der Waals surface area contributed by atoms with Gasteiger partial charge in [-0.2, -0.15) is 5.26 Å². The highest BCUT2D eigenvalue weighted by atomic mass is 16.2. The molecule has 14 heavy (non-hydrogen) atoms. The number of carbonyl (C=O) groups is 1. The summed E-state index contributed by atoms with van der Waals surface area (Å²) in [5, 5.41) is 20.0. The van der Waals surface area contributed by atoms with Crippen LogP contribution >= 0.6 is 0 Å². The largest absolute Gasteiger partial charge is 0.396 e. The highest BCUT2D eigenvalue weighted by Gasteiger charge is 2.27. The Morgan fingerprint density at radius 2 is 2.21 bits per heavy atom. The molecule has 4 nitrogen and oxygen atoms in total. The van der Waals surface area contributed by atoms with Crippen LogP contribution < -0.4 is 5.32 Å². The Hall–Kier alpha value is -1.08.